The molecule has 1 aromatic rings. The van der Waals surface area contributed by atoms with Gasteiger partial charge in [-0.2, -0.15) is 0 Å². The van der Waals surface area contributed by atoms with Crippen LogP contribution in [0.2, 0.25) is 0 Å². The van der Waals surface area contributed by atoms with Crippen LogP contribution in [-0.2, 0) is 14.4 Å². The average molecular weight is 342 g/mol. The number of nitrogens with zero attached hydrogens (tertiary/aromatic N) is 1. The van der Waals surface area contributed by atoms with E-state index >= 15 is 0 Å². The van der Waals surface area contributed by atoms with Crippen LogP contribution in [0.3, 0.4) is 0 Å². The van der Waals surface area contributed by atoms with E-state index in [1.165, 1.54) is 12.4 Å². The zero-order valence-corrected chi connectivity index (χ0v) is 13.2. The number of H-pyrrole nitrogens is 1. The van der Waals surface area contributed by atoms with Crippen molar-refractivity contribution in [3.63, 3.8) is 0 Å². The van der Waals surface area contributed by atoms with Gasteiger partial charge in [-0.25, -0.2) is 9.37 Å². The van der Waals surface area contributed by atoms with E-state index in [-0.39, 0.29) is 11.7 Å². The Bertz CT molecular complexity index is 602. The lowest BCUT2D eigenvalue weighted by atomic mass is 10.0. The smallest absolute Gasteiger partial charge is 0.305 e. The van der Waals surface area contributed by atoms with E-state index in [4.69, 9.17) is 5.11 Å². The number of carbonyl (C=O) groups excluding carboxylic acids is 3. The lowest BCUT2D eigenvalue weighted by Crippen LogP contribution is -2.54. The number of aromatic nitrogens is 2. The van der Waals surface area contributed by atoms with Crippen LogP contribution in [0.1, 0.15) is 30.9 Å². The van der Waals surface area contributed by atoms with Gasteiger partial charge in [0, 0.05) is 12.4 Å². The van der Waals surface area contributed by atoms with E-state index in [0.29, 0.717) is 0 Å². The van der Waals surface area contributed by atoms with Gasteiger partial charge >= 0.3 is 5.97 Å². The molecule has 0 aromatic carbocycles. The van der Waals surface area contributed by atoms with Gasteiger partial charge in [-0.1, -0.05) is 13.8 Å². The van der Waals surface area contributed by atoms with Gasteiger partial charge in [-0.3, -0.25) is 19.2 Å². The fraction of sp³-hybridized carbons (Fsp3) is 0.500. The summed E-state index contributed by atoms with van der Waals surface area (Å²) in [4.78, 5) is 52.7. The highest BCUT2D eigenvalue weighted by Crippen LogP contribution is 2.05. The van der Waals surface area contributed by atoms with Crippen molar-refractivity contribution in [1.29, 1.82) is 0 Å². The number of alkyl halides is 1. The lowest BCUT2D eigenvalue weighted by molar-refractivity contribution is -0.140. The first-order valence-electron chi connectivity index (χ1n) is 7.17. The highest BCUT2D eigenvalue weighted by molar-refractivity contribution is 5.97. The summed E-state index contributed by atoms with van der Waals surface area (Å²) in [7, 11) is 0. The predicted molar refractivity (Wildman–Crippen MR) is 79.8 cm³/mol. The second-order valence-corrected chi connectivity index (χ2v) is 5.39. The molecule has 2 atom stereocenters. The first-order chi connectivity index (χ1) is 11.3. The number of rotatable bonds is 9. The van der Waals surface area contributed by atoms with Gasteiger partial charge in [0.15, 0.2) is 11.6 Å². The number of ketones is 1. The van der Waals surface area contributed by atoms with Crippen molar-refractivity contribution in [2.75, 3.05) is 6.67 Å². The molecule has 4 N–H and O–H groups in total. The molecule has 0 fully saturated rings. The molecule has 1 aromatic heterocycles. The summed E-state index contributed by atoms with van der Waals surface area (Å²) in [6, 6.07) is -2.55. The van der Waals surface area contributed by atoms with Crippen molar-refractivity contribution in [3.05, 3.63) is 18.2 Å². The van der Waals surface area contributed by atoms with Crippen molar-refractivity contribution >= 4 is 23.6 Å². The summed E-state index contributed by atoms with van der Waals surface area (Å²) in [5.41, 5.74) is 0. The Hall–Kier alpha value is -2.78. The summed E-state index contributed by atoms with van der Waals surface area (Å²) >= 11 is 0. The number of amides is 2. The quantitative estimate of drug-likeness (QED) is 0.484. The fourth-order valence-corrected chi connectivity index (χ4v) is 1.91. The molecule has 10 heteroatoms. The Morgan fingerprint density at radius 2 is 1.96 bits per heavy atom. The molecule has 132 valence electrons. The number of aromatic amines is 1. The van der Waals surface area contributed by atoms with Crippen LogP contribution in [0.4, 0.5) is 4.39 Å². The van der Waals surface area contributed by atoms with Gasteiger partial charge in [0.25, 0.3) is 5.91 Å². The SMILES string of the molecule is CC(C)[C@H](NC(=O)c1ncc[nH]1)C(=O)N[C@@H](CC(=O)O)C(=O)CF. The van der Waals surface area contributed by atoms with Crippen molar-refractivity contribution < 1.29 is 28.7 Å². The first kappa shape index (κ1) is 19.3. The van der Waals surface area contributed by atoms with Gasteiger partial charge < -0.3 is 20.7 Å². The third kappa shape index (κ3) is 5.45. The number of carbonyl (C=O) groups is 4. The third-order valence-corrected chi connectivity index (χ3v) is 3.16. The normalized spacial score (nSPS) is 13.2. The maximum Gasteiger partial charge on any atom is 0.305 e. The molecule has 0 saturated heterocycles. The minimum atomic E-state index is -1.50. The number of Topliss-reactive ketones (excluding diaryl/α,β-unsaturated/α-hetero) is 1. The number of hydrogen-bond donors (Lipinski definition) is 4. The molecular formula is C14H19FN4O5. The van der Waals surface area contributed by atoms with E-state index in [2.05, 4.69) is 20.6 Å². The van der Waals surface area contributed by atoms with Crippen LogP contribution in [0.25, 0.3) is 0 Å². The fourth-order valence-electron chi connectivity index (χ4n) is 1.91. The maximum absolute atomic E-state index is 12.5. The largest absolute Gasteiger partial charge is 0.481 e. The second kappa shape index (κ2) is 8.75. The number of carboxylic acids is 1. The molecule has 1 heterocycles. The topological polar surface area (TPSA) is 141 Å². The molecule has 0 bridgehead atoms. The van der Waals surface area contributed by atoms with Gasteiger partial charge in [0.05, 0.1) is 6.42 Å². The van der Waals surface area contributed by atoms with Gasteiger partial charge in [-0.05, 0) is 5.92 Å². The van der Waals surface area contributed by atoms with Crippen molar-refractivity contribution in [2.45, 2.75) is 32.4 Å². The molecular weight excluding hydrogens is 323 g/mol. The number of imidazole rings is 1. The van der Waals surface area contributed by atoms with Crippen LogP contribution >= 0.6 is 0 Å². The standard InChI is InChI=1S/C14H19FN4O5/c1-7(2)11(19-14(24)12-16-3-4-17-12)13(23)18-8(5-10(21)22)9(20)6-15/h3-4,7-8,11H,5-6H2,1-2H3,(H,16,17)(H,18,23)(H,19,24)(H,21,22)/t8-,11-/m0/s1. The molecule has 0 radical (unpaired) electrons. The van der Waals surface area contributed by atoms with E-state index in [0.717, 1.165) is 0 Å². The zero-order chi connectivity index (χ0) is 18.3. The highest BCUT2D eigenvalue weighted by atomic mass is 19.1. The molecule has 0 saturated carbocycles. The van der Waals surface area contributed by atoms with Crippen LogP contribution in [0.15, 0.2) is 12.4 Å². The van der Waals surface area contributed by atoms with E-state index < -0.39 is 48.7 Å². The average Bonchev–Trinajstić information content (AvgIpc) is 3.04. The summed E-state index contributed by atoms with van der Waals surface area (Å²) in [6.45, 7) is 1.90. The lowest BCUT2D eigenvalue weighted by Gasteiger charge is -2.23. The third-order valence-electron chi connectivity index (χ3n) is 3.16. The van der Waals surface area contributed by atoms with E-state index in [9.17, 15) is 23.6 Å². The molecule has 24 heavy (non-hydrogen) atoms. The molecule has 0 aliphatic carbocycles. The van der Waals surface area contributed by atoms with E-state index in [1.807, 2.05) is 0 Å². The van der Waals surface area contributed by atoms with Gasteiger partial charge in [-0.15, -0.1) is 0 Å². The number of hydrogen-bond acceptors (Lipinski definition) is 5. The summed E-state index contributed by atoms with van der Waals surface area (Å²) < 4.78 is 12.5. The molecule has 1 rings (SSSR count). The van der Waals surface area contributed by atoms with Crippen molar-refractivity contribution in [2.24, 2.45) is 5.92 Å². The summed E-state index contributed by atoms with van der Waals surface area (Å²) in [5.74, 6) is -4.20. The minimum absolute atomic E-state index is 0.00429. The summed E-state index contributed by atoms with van der Waals surface area (Å²) in [6.07, 6.45) is 2.05. The highest BCUT2D eigenvalue weighted by Gasteiger charge is 2.30. The molecule has 0 unspecified atom stereocenters. The van der Waals surface area contributed by atoms with Crippen LogP contribution < -0.4 is 10.6 Å². The van der Waals surface area contributed by atoms with Crippen molar-refractivity contribution in [1.82, 2.24) is 20.6 Å². The number of halogens is 1. The maximum atomic E-state index is 12.5. The second-order valence-electron chi connectivity index (χ2n) is 5.39. The molecule has 0 aliphatic heterocycles. The predicted octanol–water partition coefficient (Wildman–Crippen LogP) is -0.338. The van der Waals surface area contributed by atoms with Gasteiger partial charge in [0.1, 0.15) is 18.8 Å². The Balaban J connectivity index is 2.82. The first-order valence-corrected chi connectivity index (χ1v) is 7.17. The molecule has 0 spiro atoms. The zero-order valence-electron chi connectivity index (χ0n) is 13.2. The molecule has 0 aliphatic rings. The Labute approximate surface area is 137 Å². The molecule has 9 nitrogen and oxygen atoms in total. The van der Waals surface area contributed by atoms with Crippen LogP contribution in [0.5, 0.6) is 0 Å². The minimum Gasteiger partial charge on any atom is -0.481 e. The van der Waals surface area contributed by atoms with E-state index in [1.54, 1.807) is 13.8 Å². The molecule has 2 amide bonds. The Kier molecular flexibility index (Phi) is 7.02. The number of aliphatic carboxylic acids is 1. The number of carboxylic acid groups (broad SMARTS) is 1. The van der Waals surface area contributed by atoms with Crippen LogP contribution in [-0.4, -0.2) is 57.4 Å². The monoisotopic (exact) mass is 342 g/mol. The Morgan fingerprint density at radius 3 is 2.42 bits per heavy atom. The van der Waals surface area contributed by atoms with Gasteiger partial charge in [0.2, 0.25) is 5.91 Å². The number of nitrogens with one attached hydrogen (secondary N) is 3. The summed E-state index contributed by atoms with van der Waals surface area (Å²) in [5, 5.41) is 13.4. The van der Waals surface area contributed by atoms with Crippen molar-refractivity contribution in [3.8, 4) is 0 Å². The van der Waals surface area contributed by atoms with Crippen LogP contribution in [0, 0.1) is 5.92 Å². The Morgan fingerprint density at radius 1 is 1.29 bits per heavy atom.